The molecule has 0 radical (unpaired) electrons. The number of halogens is 1. The molecule has 3 heterocycles. The first-order chi connectivity index (χ1) is 11.1. The van der Waals surface area contributed by atoms with Crippen molar-refractivity contribution in [3.8, 4) is 0 Å². The minimum atomic E-state index is -0.426. The predicted octanol–water partition coefficient (Wildman–Crippen LogP) is 2.86. The maximum atomic E-state index is 11.4. The Morgan fingerprint density at radius 3 is 3.00 bits per heavy atom. The second kappa shape index (κ2) is 6.62. The van der Waals surface area contributed by atoms with E-state index in [1.807, 2.05) is 11.0 Å². The molecule has 1 aliphatic rings. The van der Waals surface area contributed by atoms with Crippen LogP contribution in [0.5, 0.6) is 0 Å². The van der Waals surface area contributed by atoms with Crippen molar-refractivity contribution in [2.45, 2.75) is 6.54 Å². The van der Waals surface area contributed by atoms with Crippen LogP contribution in [-0.4, -0.2) is 33.7 Å². The molecule has 3 rings (SSSR count). The lowest BCUT2D eigenvalue weighted by Gasteiger charge is -2.18. The normalized spacial score (nSPS) is 14.9. The Balaban J connectivity index is 1.84. The van der Waals surface area contributed by atoms with Crippen molar-refractivity contribution in [3.05, 3.63) is 69.0 Å². The summed E-state index contributed by atoms with van der Waals surface area (Å²) in [6.07, 6.45) is 6.04. The SMILES string of the molecule is O=[N+]([O-])/C(=C/c1ccoc1)C1=NCCN1Cc1ccc(Cl)nc1. The molecular formula is C15H13ClN4O3. The van der Waals surface area contributed by atoms with E-state index in [1.54, 1.807) is 18.3 Å². The zero-order valence-corrected chi connectivity index (χ0v) is 12.8. The lowest BCUT2D eigenvalue weighted by Crippen LogP contribution is -2.30. The van der Waals surface area contributed by atoms with Crippen molar-refractivity contribution in [1.82, 2.24) is 9.88 Å². The molecule has 0 amide bonds. The van der Waals surface area contributed by atoms with E-state index in [1.165, 1.54) is 18.6 Å². The number of nitro groups is 1. The van der Waals surface area contributed by atoms with Gasteiger partial charge in [0.05, 0.1) is 24.0 Å². The summed E-state index contributed by atoms with van der Waals surface area (Å²) in [5.41, 5.74) is 1.49. The molecule has 0 saturated carbocycles. The first kappa shape index (κ1) is 15.2. The van der Waals surface area contributed by atoms with Crippen LogP contribution in [0.1, 0.15) is 11.1 Å². The minimum Gasteiger partial charge on any atom is -0.472 e. The van der Waals surface area contributed by atoms with E-state index in [4.69, 9.17) is 16.0 Å². The number of aromatic nitrogens is 1. The smallest absolute Gasteiger partial charge is 0.311 e. The summed E-state index contributed by atoms with van der Waals surface area (Å²) >= 11 is 5.77. The fraction of sp³-hybridized carbons (Fsp3) is 0.200. The number of furan rings is 1. The summed E-state index contributed by atoms with van der Waals surface area (Å²) in [5.74, 6) is 0.367. The maximum absolute atomic E-state index is 11.4. The van der Waals surface area contributed by atoms with Gasteiger partial charge in [0.2, 0.25) is 5.84 Å². The molecule has 0 unspecified atom stereocenters. The zero-order valence-electron chi connectivity index (χ0n) is 12.1. The van der Waals surface area contributed by atoms with Gasteiger partial charge in [-0.25, -0.2) is 4.98 Å². The Labute approximate surface area is 137 Å². The largest absolute Gasteiger partial charge is 0.472 e. The molecule has 7 nitrogen and oxygen atoms in total. The van der Waals surface area contributed by atoms with Crippen LogP contribution in [0.4, 0.5) is 0 Å². The summed E-state index contributed by atoms with van der Waals surface area (Å²) in [4.78, 5) is 21.2. The third kappa shape index (κ3) is 3.57. The van der Waals surface area contributed by atoms with Gasteiger partial charge in [-0.15, -0.1) is 0 Å². The number of nitrogens with zero attached hydrogens (tertiary/aromatic N) is 4. The predicted molar refractivity (Wildman–Crippen MR) is 85.6 cm³/mol. The van der Waals surface area contributed by atoms with E-state index in [2.05, 4.69) is 9.98 Å². The van der Waals surface area contributed by atoms with Crippen molar-refractivity contribution in [1.29, 1.82) is 0 Å². The van der Waals surface area contributed by atoms with Gasteiger partial charge in [-0.1, -0.05) is 17.7 Å². The molecule has 8 heteroatoms. The molecule has 0 spiro atoms. The molecule has 2 aromatic rings. The zero-order chi connectivity index (χ0) is 16.2. The van der Waals surface area contributed by atoms with Crippen molar-refractivity contribution < 1.29 is 9.34 Å². The second-order valence-corrected chi connectivity index (χ2v) is 5.35. The third-order valence-corrected chi connectivity index (χ3v) is 3.59. The molecule has 0 N–H and O–H groups in total. The van der Waals surface area contributed by atoms with Crippen LogP contribution in [0.3, 0.4) is 0 Å². The highest BCUT2D eigenvalue weighted by Crippen LogP contribution is 2.18. The average molecular weight is 333 g/mol. The van der Waals surface area contributed by atoms with Gasteiger partial charge in [-0.05, 0) is 17.7 Å². The Morgan fingerprint density at radius 2 is 2.35 bits per heavy atom. The monoisotopic (exact) mass is 332 g/mol. The van der Waals surface area contributed by atoms with Crippen molar-refractivity contribution in [3.63, 3.8) is 0 Å². The van der Waals surface area contributed by atoms with E-state index >= 15 is 0 Å². The summed E-state index contributed by atoms with van der Waals surface area (Å²) in [5, 5.41) is 11.8. The first-order valence-corrected chi connectivity index (χ1v) is 7.30. The number of hydrogen-bond acceptors (Lipinski definition) is 6. The topological polar surface area (TPSA) is 84.8 Å². The Hall–Kier alpha value is -2.67. The van der Waals surface area contributed by atoms with E-state index in [-0.39, 0.29) is 5.70 Å². The van der Waals surface area contributed by atoms with Gasteiger partial charge >= 0.3 is 5.70 Å². The molecule has 1 aliphatic heterocycles. The van der Waals surface area contributed by atoms with Crippen LogP contribution in [0.15, 0.2) is 52.0 Å². The molecule has 0 fully saturated rings. The lowest BCUT2D eigenvalue weighted by atomic mass is 10.2. The fourth-order valence-corrected chi connectivity index (χ4v) is 2.43. The molecule has 0 saturated heterocycles. The van der Waals surface area contributed by atoms with Gasteiger partial charge < -0.3 is 9.32 Å². The lowest BCUT2D eigenvalue weighted by molar-refractivity contribution is -0.414. The summed E-state index contributed by atoms with van der Waals surface area (Å²) in [7, 11) is 0. The highest BCUT2D eigenvalue weighted by atomic mass is 35.5. The molecule has 0 bridgehead atoms. The van der Waals surface area contributed by atoms with Gasteiger partial charge in [0, 0.05) is 30.9 Å². The summed E-state index contributed by atoms with van der Waals surface area (Å²) < 4.78 is 4.95. The van der Waals surface area contributed by atoms with Crippen LogP contribution in [0.2, 0.25) is 5.15 Å². The maximum Gasteiger partial charge on any atom is 0.311 e. The van der Waals surface area contributed by atoms with Crippen LogP contribution in [0.25, 0.3) is 6.08 Å². The van der Waals surface area contributed by atoms with Gasteiger partial charge in [0.1, 0.15) is 5.15 Å². The molecule has 0 aliphatic carbocycles. The summed E-state index contributed by atoms with van der Waals surface area (Å²) in [6.45, 7) is 1.63. The van der Waals surface area contributed by atoms with Crippen molar-refractivity contribution in [2.24, 2.45) is 4.99 Å². The highest BCUT2D eigenvalue weighted by molar-refractivity contribution is 6.29. The second-order valence-electron chi connectivity index (χ2n) is 4.96. The van der Waals surface area contributed by atoms with Crippen LogP contribution < -0.4 is 0 Å². The number of rotatable bonds is 5. The molecule has 118 valence electrons. The van der Waals surface area contributed by atoms with Crippen molar-refractivity contribution >= 4 is 23.5 Å². The van der Waals surface area contributed by atoms with Gasteiger partial charge in [0.15, 0.2) is 0 Å². The summed E-state index contributed by atoms with van der Waals surface area (Å²) in [6, 6.07) is 5.20. The standard InChI is InChI=1S/C15H13ClN4O3/c16-14-2-1-12(8-18-14)9-19-5-4-17-15(19)13(20(21)22)7-11-3-6-23-10-11/h1-3,6-8,10H,4-5,9H2/b13-7+. The van der Waals surface area contributed by atoms with Crippen LogP contribution >= 0.6 is 11.6 Å². The Kier molecular flexibility index (Phi) is 4.38. The molecule has 23 heavy (non-hydrogen) atoms. The molecule has 2 aromatic heterocycles. The van der Waals surface area contributed by atoms with Crippen LogP contribution in [-0.2, 0) is 6.54 Å². The average Bonchev–Trinajstić information content (AvgIpc) is 3.18. The highest BCUT2D eigenvalue weighted by Gasteiger charge is 2.29. The Bertz CT molecular complexity index is 754. The Morgan fingerprint density at radius 1 is 1.48 bits per heavy atom. The molecular weight excluding hydrogens is 320 g/mol. The number of hydrogen-bond donors (Lipinski definition) is 0. The van der Waals surface area contributed by atoms with Gasteiger partial charge in [0.25, 0.3) is 0 Å². The van der Waals surface area contributed by atoms with E-state index in [0.717, 1.165) is 5.56 Å². The van der Waals surface area contributed by atoms with E-state index in [9.17, 15) is 10.1 Å². The number of aliphatic imine (C=N–C) groups is 1. The van der Waals surface area contributed by atoms with Crippen molar-refractivity contribution in [2.75, 3.05) is 13.1 Å². The van der Waals surface area contributed by atoms with E-state index in [0.29, 0.717) is 36.2 Å². The van der Waals surface area contributed by atoms with Crippen LogP contribution in [0, 0.1) is 10.1 Å². The number of pyridine rings is 1. The van der Waals surface area contributed by atoms with Gasteiger partial charge in [-0.2, -0.15) is 0 Å². The van der Waals surface area contributed by atoms with E-state index < -0.39 is 4.92 Å². The molecule has 0 aromatic carbocycles. The molecule has 0 atom stereocenters. The number of amidine groups is 1. The minimum absolute atomic E-state index is 0.0502. The first-order valence-electron chi connectivity index (χ1n) is 6.92. The van der Waals surface area contributed by atoms with Gasteiger partial charge in [-0.3, -0.25) is 15.1 Å². The third-order valence-electron chi connectivity index (χ3n) is 3.37. The fourth-order valence-electron chi connectivity index (χ4n) is 2.31. The quantitative estimate of drug-likeness (QED) is 0.477.